The molecular weight excluding hydrogens is 292 g/mol. The number of carbonyl (C=O) groups excluding carboxylic acids is 1. The highest BCUT2D eigenvalue weighted by molar-refractivity contribution is 7.99. The smallest absolute Gasteiger partial charge is 0.313 e. The van der Waals surface area contributed by atoms with E-state index in [-0.39, 0.29) is 21.9 Å². The van der Waals surface area contributed by atoms with Crippen molar-refractivity contribution in [3.8, 4) is 0 Å². The SMILES string of the molecule is NC(=O)Cn1c(SCC(=O)O)nc2ccc(F)c(F)c21. The lowest BCUT2D eigenvalue weighted by atomic mass is 10.3. The van der Waals surface area contributed by atoms with Crippen molar-refractivity contribution in [1.82, 2.24) is 9.55 Å². The highest BCUT2D eigenvalue weighted by Crippen LogP contribution is 2.27. The third-order valence-corrected chi connectivity index (χ3v) is 3.36. The van der Waals surface area contributed by atoms with Crippen LogP contribution in [0.15, 0.2) is 17.3 Å². The van der Waals surface area contributed by atoms with E-state index in [1.54, 1.807) is 0 Å². The van der Waals surface area contributed by atoms with Crippen molar-refractivity contribution in [3.63, 3.8) is 0 Å². The van der Waals surface area contributed by atoms with Crippen molar-refractivity contribution < 1.29 is 23.5 Å². The number of fused-ring (bicyclic) bond motifs is 1. The van der Waals surface area contributed by atoms with Crippen molar-refractivity contribution in [2.24, 2.45) is 5.73 Å². The van der Waals surface area contributed by atoms with Gasteiger partial charge in [-0.3, -0.25) is 9.59 Å². The Bertz CT molecular complexity index is 702. The molecule has 0 saturated heterocycles. The number of halogens is 2. The largest absolute Gasteiger partial charge is 0.481 e. The lowest BCUT2D eigenvalue weighted by molar-refractivity contribution is -0.133. The first kappa shape index (κ1) is 14.3. The van der Waals surface area contributed by atoms with Crippen LogP contribution in [0.5, 0.6) is 0 Å². The number of carboxylic acid groups (broad SMARTS) is 1. The van der Waals surface area contributed by atoms with Gasteiger partial charge in [0.25, 0.3) is 0 Å². The Labute approximate surface area is 115 Å². The molecular formula is C11H9F2N3O3S. The number of hydrogen-bond donors (Lipinski definition) is 2. The topological polar surface area (TPSA) is 98.2 Å². The molecule has 0 spiro atoms. The average molecular weight is 301 g/mol. The number of aromatic nitrogens is 2. The van der Waals surface area contributed by atoms with Gasteiger partial charge in [0, 0.05) is 0 Å². The Balaban J connectivity index is 2.58. The van der Waals surface area contributed by atoms with E-state index >= 15 is 0 Å². The van der Waals surface area contributed by atoms with Gasteiger partial charge in [-0.05, 0) is 12.1 Å². The van der Waals surface area contributed by atoms with E-state index in [1.165, 1.54) is 6.07 Å². The summed E-state index contributed by atoms with van der Waals surface area (Å²) in [5.41, 5.74) is 4.97. The molecule has 9 heteroatoms. The van der Waals surface area contributed by atoms with Gasteiger partial charge >= 0.3 is 5.97 Å². The van der Waals surface area contributed by atoms with E-state index < -0.39 is 30.1 Å². The van der Waals surface area contributed by atoms with E-state index in [0.29, 0.717) is 0 Å². The Morgan fingerprint density at radius 2 is 2.10 bits per heavy atom. The van der Waals surface area contributed by atoms with E-state index in [2.05, 4.69) is 4.98 Å². The number of benzene rings is 1. The van der Waals surface area contributed by atoms with Gasteiger partial charge < -0.3 is 15.4 Å². The number of aliphatic carboxylic acids is 1. The van der Waals surface area contributed by atoms with Crippen LogP contribution in [0.4, 0.5) is 8.78 Å². The Kier molecular flexibility index (Phi) is 3.89. The van der Waals surface area contributed by atoms with E-state index in [4.69, 9.17) is 10.8 Å². The highest BCUT2D eigenvalue weighted by atomic mass is 32.2. The number of thioether (sulfide) groups is 1. The fraction of sp³-hybridized carbons (Fsp3) is 0.182. The van der Waals surface area contributed by atoms with Gasteiger partial charge in [0.2, 0.25) is 5.91 Å². The molecule has 0 aliphatic rings. The van der Waals surface area contributed by atoms with Crippen LogP contribution in [0.25, 0.3) is 11.0 Å². The summed E-state index contributed by atoms with van der Waals surface area (Å²) in [6.45, 7) is -0.418. The standard InChI is InChI=1S/C11H9F2N3O3S/c12-5-1-2-6-10(9(5)13)16(3-7(14)17)11(15-6)20-4-8(18)19/h1-2H,3-4H2,(H2,14,17)(H,18,19). The lowest BCUT2D eigenvalue weighted by Gasteiger charge is -2.06. The molecule has 0 unspecified atom stereocenters. The van der Waals surface area contributed by atoms with Gasteiger partial charge in [-0.25, -0.2) is 13.8 Å². The van der Waals surface area contributed by atoms with Gasteiger partial charge in [-0.2, -0.15) is 0 Å². The second-order valence-electron chi connectivity index (χ2n) is 3.86. The molecule has 0 radical (unpaired) electrons. The molecule has 3 N–H and O–H groups in total. The molecule has 0 aliphatic heterocycles. The van der Waals surface area contributed by atoms with Crippen molar-refractivity contribution in [2.75, 3.05) is 5.75 Å². The quantitative estimate of drug-likeness (QED) is 0.802. The molecule has 20 heavy (non-hydrogen) atoms. The van der Waals surface area contributed by atoms with E-state index in [1.807, 2.05) is 0 Å². The molecule has 0 saturated carbocycles. The minimum absolute atomic E-state index is 0.0886. The number of hydrogen-bond acceptors (Lipinski definition) is 4. The van der Waals surface area contributed by atoms with Crippen LogP contribution < -0.4 is 5.73 Å². The normalized spacial score (nSPS) is 10.9. The summed E-state index contributed by atoms with van der Waals surface area (Å²) in [5.74, 6) is -4.44. The van der Waals surface area contributed by atoms with Crippen LogP contribution in [-0.2, 0) is 16.1 Å². The van der Waals surface area contributed by atoms with Crippen LogP contribution in [0.2, 0.25) is 0 Å². The van der Waals surface area contributed by atoms with Crippen molar-refractivity contribution >= 4 is 34.7 Å². The highest BCUT2D eigenvalue weighted by Gasteiger charge is 2.19. The molecule has 1 aromatic carbocycles. The van der Waals surface area contributed by atoms with E-state index in [0.717, 1.165) is 22.4 Å². The third-order valence-electron chi connectivity index (χ3n) is 2.40. The minimum Gasteiger partial charge on any atom is -0.481 e. The van der Waals surface area contributed by atoms with Gasteiger partial charge in [-0.15, -0.1) is 0 Å². The van der Waals surface area contributed by atoms with Gasteiger partial charge in [-0.1, -0.05) is 11.8 Å². The third kappa shape index (κ3) is 2.72. The van der Waals surface area contributed by atoms with Crippen molar-refractivity contribution in [2.45, 2.75) is 11.7 Å². The monoisotopic (exact) mass is 301 g/mol. The number of nitrogens with two attached hydrogens (primary N) is 1. The summed E-state index contributed by atoms with van der Waals surface area (Å²) in [5, 5.41) is 8.73. The number of rotatable bonds is 5. The number of carboxylic acids is 1. The van der Waals surface area contributed by atoms with Crippen LogP contribution in [0.1, 0.15) is 0 Å². The van der Waals surface area contributed by atoms with Gasteiger partial charge in [0.15, 0.2) is 16.8 Å². The molecule has 1 aromatic heterocycles. The predicted octanol–water partition coefficient (Wildman–Crippen LogP) is 0.976. The van der Waals surface area contributed by atoms with Crippen molar-refractivity contribution in [3.05, 3.63) is 23.8 Å². The van der Waals surface area contributed by atoms with Crippen LogP contribution in [0.3, 0.4) is 0 Å². The maximum absolute atomic E-state index is 13.8. The lowest BCUT2D eigenvalue weighted by Crippen LogP contribution is -2.19. The number of imidazole rings is 1. The number of carbonyl (C=O) groups is 2. The summed E-state index contributed by atoms with van der Waals surface area (Å²) in [6, 6.07) is 2.15. The molecule has 6 nitrogen and oxygen atoms in total. The average Bonchev–Trinajstić information content (AvgIpc) is 2.69. The predicted molar refractivity (Wildman–Crippen MR) is 67.2 cm³/mol. The molecule has 1 heterocycles. The molecule has 0 bridgehead atoms. The second-order valence-corrected chi connectivity index (χ2v) is 4.80. The molecule has 2 aromatic rings. The first-order chi connectivity index (χ1) is 9.40. The first-order valence-corrected chi connectivity index (χ1v) is 6.36. The number of primary amides is 1. The summed E-state index contributed by atoms with van der Waals surface area (Å²) in [7, 11) is 0. The Morgan fingerprint density at radius 3 is 2.70 bits per heavy atom. The number of amides is 1. The first-order valence-electron chi connectivity index (χ1n) is 5.37. The van der Waals surface area contributed by atoms with Crippen LogP contribution >= 0.6 is 11.8 Å². The van der Waals surface area contributed by atoms with Crippen LogP contribution in [-0.4, -0.2) is 32.3 Å². The zero-order valence-corrected chi connectivity index (χ0v) is 10.8. The summed E-state index contributed by atoms with van der Waals surface area (Å²) < 4.78 is 28.1. The number of nitrogens with zero attached hydrogens (tertiary/aromatic N) is 2. The fourth-order valence-corrected chi connectivity index (χ4v) is 2.40. The summed E-state index contributed by atoms with van der Waals surface area (Å²) in [6.07, 6.45) is 0. The van der Waals surface area contributed by atoms with Crippen molar-refractivity contribution in [1.29, 1.82) is 0 Å². The second kappa shape index (κ2) is 5.45. The molecule has 0 aliphatic carbocycles. The van der Waals surface area contributed by atoms with Gasteiger partial charge in [0.05, 0.1) is 11.3 Å². The Morgan fingerprint density at radius 1 is 1.40 bits per heavy atom. The zero-order valence-electron chi connectivity index (χ0n) is 9.97. The van der Waals surface area contributed by atoms with Crippen LogP contribution in [0, 0.1) is 11.6 Å². The summed E-state index contributed by atoms with van der Waals surface area (Å²) >= 11 is 0.793. The Hall–Kier alpha value is -2.16. The van der Waals surface area contributed by atoms with E-state index in [9.17, 15) is 18.4 Å². The summed E-state index contributed by atoms with van der Waals surface area (Å²) in [4.78, 5) is 25.6. The zero-order chi connectivity index (χ0) is 14.9. The molecule has 1 amide bonds. The minimum atomic E-state index is -1.15. The maximum Gasteiger partial charge on any atom is 0.313 e. The molecule has 106 valence electrons. The fourth-order valence-electron chi connectivity index (χ4n) is 1.67. The molecule has 2 rings (SSSR count). The maximum atomic E-state index is 13.8. The molecule has 0 fully saturated rings. The molecule has 0 atom stereocenters. The van der Waals surface area contributed by atoms with Gasteiger partial charge in [0.1, 0.15) is 12.1 Å².